The largest absolute Gasteiger partial charge is 0.352 e. The molecule has 1 rings (SSSR count). The minimum absolute atomic E-state index is 0.0777. The molecule has 0 saturated carbocycles. The lowest BCUT2D eigenvalue weighted by atomic mass is 10.0. The molecule has 0 aliphatic heterocycles. The third kappa shape index (κ3) is 2.69. The summed E-state index contributed by atoms with van der Waals surface area (Å²) in [6.07, 6.45) is 2.44. The number of hydrogen-bond donors (Lipinski definition) is 1. The Morgan fingerprint density at radius 1 is 1.56 bits per heavy atom. The van der Waals surface area contributed by atoms with Crippen molar-refractivity contribution in [3.8, 4) is 0 Å². The van der Waals surface area contributed by atoms with Gasteiger partial charge in [0.15, 0.2) is 0 Å². The van der Waals surface area contributed by atoms with Crippen LogP contribution in [0.5, 0.6) is 0 Å². The number of aryl methyl sites for hydroxylation is 1. The lowest BCUT2D eigenvalue weighted by Gasteiger charge is -2.08. The van der Waals surface area contributed by atoms with E-state index in [9.17, 15) is 9.18 Å². The molecule has 1 aromatic carbocycles. The van der Waals surface area contributed by atoms with E-state index in [1.165, 1.54) is 12.1 Å². The Bertz CT molecular complexity index is 413. The SMILES string of the molecule is C=Cc1cc(C(=O)NCCC)c(F)cc1C. The average molecular weight is 221 g/mol. The summed E-state index contributed by atoms with van der Waals surface area (Å²) in [6, 6.07) is 2.89. The smallest absolute Gasteiger partial charge is 0.254 e. The van der Waals surface area contributed by atoms with E-state index in [2.05, 4.69) is 11.9 Å². The van der Waals surface area contributed by atoms with E-state index >= 15 is 0 Å². The Hall–Kier alpha value is -1.64. The summed E-state index contributed by atoms with van der Waals surface area (Å²) >= 11 is 0. The topological polar surface area (TPSA) is 29.1 Å². The summed E-state index contributed by atoms with van der Waals surface area (Å²) in [5, 5.41) is 2.65. The number of carbonyl (C=O) groups is 1. The van der Waals surface area contributed by atoms with E-state index in [4.69, 9.17) is 0 Å². The first-order valence-electron chi connectivity index (χ1n) is 5.31. The van der Waals surface area contributed by atoms with E-state index < -0.39 is 5.82 Å². The molecule has 0 aromatic heterocycles. The van der Waals surface area contributed by atoms with Gasteiger partial charge >= 0.3 is 0 Å². The highest BCUT2D eigenvalue weighted by Crippen LogP contribution is 2.16. The number of carbonyl (C=O) groups excluding carboxylic acids is 1. The molecule has 0 heterocycles. The third-order valence-electron chi connectivity index (χ3n) is 2.36. The van der Waals surface area contributed by atoms with Crippen molar-refractivity contribution in [2.24, 2.45) is 0 Å². The molecule has 0 fully saturated rings. The van der Waals surface area contributed by atoms with Gasteiger partial charge in [0.25, 0.3) is 5.91 Å². The van der Waals surface area contributed by atoms with Crippen LogP contribution in [0.25, 0.3) is 6.08 Å². The maximum absolute atomic E-state index is 13.5. The molecule has 0 saturated heterocycles. The maximum atomic E-state index is 13.5. The first kappa shape index (κ1) is 12.4. The van der Waals surface area contributed by atoms with Crippen molar-refractivity contribution in [1.29, 1.82) is 0 Å². The molecule has 1 aromatic rings. The molecule has 0 aliphatic carbocycles. The van der Waals surface area contributed by atoms with Crippen LogP contribution >= 0.6 is 0 Å². The second-order valence-corrected chi connectivity index (χ2v) is 3.65. The summed E-state index contributed by atoms with van der Waals surface area (Å²) < 4.78 is 13.5. The molecule has 1 amide bonds. The quantitative estimate of drug-likeness (QED) is 0.832. The molecule has 3 heteroatoms. The molecule has 0 spiro atoms. The van der Waals surface area contributed by atoms with Crippen molar-refractivity contribution in [1.82, 2.24) is 5.32 Å². The molecule has 0 unspecified atom stereocenters. The molecule has 0 aliphatic rings. The Morgan fingerprint density at radius 3 is 2.81 bits per heavy atom. The zero-order chi connectivity index (χ0) is 12.1. The second-order valence-electron chi connectivity index (χ2n) is 3.65. The molecule has 1 N–H and O–H groups in total. The van der Waals surface area contributed by atoms with Gasteiger partial charge in [-0.15, -0.1) is 0 Å². The van der Waals surface area contributed by atoms with E-state index in [-0.39, 0.29) is 11.5 Å². The van der Waals surface area contributed by atoms with Gasteiger partial charge in [-0.2, -0.15) is 0 Å². The fourth-order valence-corrected chi connectivity index (χ4v) is 1.42. The van der Waals surface area contributed by atoms with E-state index in [1.807, 2.05) is 6.92 Å². The van der Waals surface area contributed by atoms with Crippen molar-refractivity contribution < 1.29 is 9.18 Å². The Kier molecular flexibility index (Phi) is 4.23. The maximum Gasteiger partial charge on any atom is 0.254 e. The summed E-state index contributed by atoms with van der Waals surface area (Å²) in [7, 11) is 0. The van der Waals surface area contributed by atoms with E-state index in [0.717, 1.165) is 17.5 Å². The van der Waals surface area contributed by atoms with Gasteiger partial charge in [-0.05, 0) is 36.6 Å². The van der Waals surface area contributed by atoms with Crippen molar-refractivity contribution in [2.75, 3.05) is 6.54 Å². The van der Waals surface area contributed by atoms with E-state index in [0.29, 0.717) is 6.54 Å². The normalized spacial score (nSPS) is 9.94. The molecular weight excluding hydrogens is 205 g/mol. The first-order valence-corrected chi connectivity index (χ1v) is 5.31. The van der Waals surface area contributed by atoms with Crippen molar-refractivity contribution >= 4 is 12.0 Å². The van der Waals surface area contributed by atoms with Gasteiger partial charge in [-0.25, -0.2) is 4.39 Å². The van der Waals surface area contributed by atoms with Crippen LogP contribution in [0, 0.1) is 12.7 Å². The summed E-state index contributed by atoms with van der Waals surface area (Å²) in [5.74, 6) is -0.862. The average Bonchev–Trinajstić information content (AvgIpc) is 2.26. The van der Waals surface area contributed by atoms with Crippen LogP contribution in [0.4, 0.5) is 4.39 Å². The Labute approximate surface area is 95.2 Å². The molecule has 2 nitrogen and oxygen atoms in total. The van der Waals surface area contributed by atoms with Crippen molar-refractivity contribution in [2.45, 2.75) is 20.3 Å². The number of nitrogens with one attached hydrogen (secondary N) is 1. The lowest BCUT2D eigenvalue weighted by molar-refractivity contribution is 0.0949. The van der Waals surface area contributed by atoms with Gasteiger partial charge < -0.3 is 5.32 Å². The second kappa shape index (κ2) is 5.45. The standard InChI is InChI=1S/C13H16FNO/c1-4-6-15-13(16)11-8-10(5-2)9(3)7-12(11)14/h5,7-8H,2,4,6H2,1,3H3,(H,15,16). The number of amides is 1. The molecular formula is C13H16FNO. The summed E-state index contributed by atoms with van der Waals surface area (Å²) in [5.41, 5.74) is 1.64. The monoisotopic (exact) mass is 221 g/mol. The third-order valence-corrected chi connectivity index (χ3v) is 2.36. The van der Waals surface area contributed by atoms with Crippen LogP contribution in [0.2, 0.25) is 0 Å². The van der Waals surface area contributed by atoms with Gasteiger partial charge in [0.2, 0.25) is 0 Å². The number of benzene rings is 1. The molecule has 16 heavy (non-hydrogen) atoms. The van der Waals surface area contributed by atoms with Crippen LogP contribution in [0.1, 0.15) is 34.8 Å². The number of rotatable bonds is 4. The zero-order valence-electron chi connectivity index (χ0n) is 9.64. The number of halogens is 1. The fraction of sp³-hybridized carbons (Fsp3) is 0.308. The van der Waals surface area contributed by atoms with Gasteiger partial charge in [0.05, 0.1) is 5.56 Å². The van der Waals surface area contributed by atoms with Gasteiger partial charge in [0, 0.05) is 6.54 Å². The van der Waals surface area contributed by atoms with E-state index in [1.54, 1.807) is 13.0 Å². The van der Waals surface area contributed by atoms with Gasteiger partial charge in [-0.1, -0.05) is 19.6 Å². The highest BCUT2D eigenvalue weighted by molar-refractivity contribution is 5.95. The molecule has 0 radical (unpaired) electrons. The van der Waals surface area contributed by atoms with Crippen molar-refractivity contribution in [3.05, 3.63) is 41.2 Å². The van der Waals surface area contributed by atoms with Crippen LogP contribution in [-0.4, -0.2) is 12.5 Å². The van der Waals surface area contributed by atoms with Gasteiger partial charge in [0.1, 0.15) is 5.82 Å². The van der Waals surface area contributed by atoms with Crippen LogP contribution < -0.4 is 5.32 Å². The molecule has 0 atom stereocenters. The highest BCUT2D eigenvalue weighted by Gasteiger charge is 2.12. The van der Waals surface area contributed by atoms with Crippen LogP contribution in [0.15, 0.2) is 18.7 Å². The predicted octanol–water partition coefficient (Wildman–Crippen LogP) is 2.92. The highest BCUT2D eigenvalue weighted by atomic mass is 19.1. The molecule has 86 valence electrons. The first-order chi connectivity index (χ1) is 7.60. The zero-order valence-corrected chi connectivity index (χ0v) is 9.64. The fourth-order valence-electron chi connectivity index (χ4n) is 1.42. The van der Waals surface area contributed by atoms with Crippen molar-refractivity contribution in [3.63, 3.8) is 0 Å². The Morgan fingerprint density at radius 2 is 2.25 bits per heavy atom. The Balaban J connectivity index is 3.03. The predicted molar refractivity (Wildman–Crippen MR) is 63.9 cm³/mol. The molecule has 0 bridgehead atoms. The summed E-state index contributed by atoms with van der Waals surface area (Å²) in [4.78, 5) is 11.6. The van der Waals surface area contributed by atoms with Crippen LogP contribution in [0.3, 0.4) is 0 Å². The van der Waals surface area contributed by atoms with Crippen LogP contribution in [-0.2, 0) is 0 Å². The minimum Gasteiger partial charge on any atom is -0.352 e. The summed E-state index contributed by atoms with van der Waals surface area (Å²) in [6.45, 7) is 7.91. The minimum atomic E-state index is -0.489. The number of hydrogen-bond acceptors (Lipinski definition) is 1. The van der Waals surface area contributed by atoms with Gasteiger partial charge in [-0.3, -0.25) is 4.79 Å². The lowest BCUT2D eigenvalue weighted by Crippen LogP contribution is -2.25.